The molecule has 21 heavy (non-hydrogen) atoms. The molecule has 0 bridgehead atoms. The van der Waals surface area contributed by atoms with E-state index in [2.05, 4.69) is 53.5 Å². The van der Waals surface area contributed by atoms with Gasteiger partial charge >= 0.3 is 0 Å². The van der Waals surface area contributed by atoms with Crippen LogP contribution in [0, 0.1) is 5.92 Å². The van der Waals surface area contributed by atoms with Gasteiger partial charge in [-0.1, -0.05) is 25.3 Å². The largest absolute Gasteiger partial charge is 0.378 e. The van der Waals surface area contributed by atoms with E-state index in [4.69, 9.17) is 0 Å². The lowest BCUT2D eigenvalue weighted by atomic mass is 9.83. The maximum absolute atomic E-state index is 3.77. The van der Waals surface area contributed by atoms with Gasteiger partial charge in [-0.3, -0.25) is 0 Å². The van der Waals surface area contributed by atoms with Crippen molar-refractivity contribution in [2.24, 2.45) is 5.92 Å². The quantitative estimate of drug-likeness (QED) is 0.921. The van der Waals surface area contributed by atoms with Crippen molar-refractivity contribution in [3.05, 3.63) is 24.3 Å². The highest BCUT2D eigenvalue weighted by molar-refractivity contribution is 5.59. The first-order valence-corrected chi connectivity index (χ1v) is 8.50. The normalized spacial score (nSPS) is 24.1. The van der Waals surface area contributed by atoms with Crippen LogP contribution in [0.25, 0.3) is 0 Å². The van der Waals surface area contributed by atoms with Gasteiger partial charge in [-0.05, 0) is 37.0 Å². The lowest BCUT2D eigenvalue weighted by Gasteiger charge is -2.40. The molecule has 3 nitrogen and oxygen atoms in total. The Balaban J connectivity index is 1.69. The van der Waals surface area contributed by atoms with Gasteiger partial charge in [0.2, 0.25) is 0 Å². The molecule has 0 aromatic heterocycles. The summed E-state index contributed by atoms with van der Waals surface area (Å²) < 4.78 is 0. The molecule has 2 aliphatic rings. The van der Waals surface area contributed by atoms with Crippen LogP contribution in [0.2, 0.25) is 0 Å². The van der Waals surface area contributed by atoms with Gasteiger partial charge in [0.25, 0.3) is 0 Å². The predicted molar refractivity (Wildman–Crippen MR) is 91.3 cm³/mol. The summed E-state index contributed by atoms with van der Waals surface area (Å²) in [7, 11) is 4.23. The lowest BCUT2D eigenvalue weighted by Crippen LogP contribution is -2.54. The molecule has 1 atom stereocenters. The van der Waals surface area contributed by atoms with Crippen LogP contribution < -0.4 is 15.1 Å². The first-order valence-electron chi connectivity index (χ1n) is 8.50. The maximum Gasteiger partial charge on any atom is 0.0387 e. The van der Waals surface area contributed by atoms with Crippen molar-refractivity contribution in [2.45, 2.75) is 38.1 Å². The van der Waals surface area contributed by atoms with Crippen LogP contribution in [-0.4, -0.2) is 39.8 Å². The monoisotopic (exact) mass is 287 g/mol. The molecule has 2 fully saturated rings. The zero-order chi connectivity index (χ0) is 14.7. The Morgan fingerprint density at radius 2 is 1.95 bits per heavy atom. The smallest absolute Gasteiger partial charge is 0.0387 e. The SMILES string of the molecule is CN(C)c1cccc(N2CCNC(C3CCCCC3)C2)c1. The molecule has 1 aromatic rings. The molecule has 1 saturated carbocycles. The fraction of sp³-hybridized carbons (Fsp3) is 0.667. The van der Waals surface area contributed by atoms with E-state index < -0.39 is 0 Å². The van der Waals surface area contributed by atoms with E-state index in [1.165, 1.54) is 50.0 Å². The molecule has 1 heterocycles. The lowest BCUT2D eigenvalue weighted by molar-refractivity contribution is 0.257. The predicted octanol–water partition coefficient (Wildman–Crippen LogP) is 3.11. The Kier molecular flexibility index (Phi) is 4.69. The Bertz CT molecular complexity index is 452. The van der Waals surface area contributed by atoms with Gasteiger partial charge in [-0.2, -0.15) is 0 Å². The van der Waals surface area contributed by atoms with Crippen molar-refractivity contribution in [3.8, 4) is 0 Å². The van der Waals surface area contributed by atoms with Gasteiger partial charge in [0.15, 0.2) is 0 Å². The molecule has 1 saturated heterocycles. The standard InChI is InChI=1S/C18H29N3/c1-20(2)16-9-6-10-17(13-16)21-12-11-19-18(14-21)15-7-4-3-5-8-15/h6,9-10,13,15,18-19H,3-5,7-8,11-12,14H2,1-2H3. The fourth-order valence-electron chi connectivity index (χ4n) is 3.83. The first-order chi connectivity index (χ1) is 10.2. The Hall–Kier alpha value is -1.22. The third kappa shape index (κ3) is 3.52. The topological polar surface area (TPSA) is 18.5 Å². The van der Waals surface area contributed by atoms with Crippen molar-refractivity contribution in [3.63, 3.8) is 0 Å². The molecular weight excluding hydrogens is 258 g/mol. The zero-order valence-corrected chi connectivity index (χ0v) is 13.5. The number of anilines is 2. The van der Waals surface area contributed by atoms with Gasteiger partial charge in [0, 0.05) is 51.1 Å². The third-order valence-corrected chi connectivity index (χ3v) is 5.14. The summed E-state index contributed by atoms with van der Waals surface area (Å²) in [5.74, 6) is 0.888. The van der Waals surface area contributed by atoms with Crippen LogP contribution >= 0.6 is 0 Å². The number of hydrogen-bond acceptors (Lipinski definition) is 3. The summed E-state index contributed by atoms with van der Waals surface area (Å²) >= 11 is 0. The minimum atomic E-state index is 0.682. The Morgan fingerprint density at radius 3 is 2.71 bits per heavy atom. The molecule has 0 amide bonds. The number of hydrogen-bond donors (Lipinski definition) is 1. The van der Waals surface area contributed by atoms with Gasteiger partial charge in [-0.15, -0.1) is 0 Å². The van der Waals surface area contributed by atoms with Crippen molar-refractivity contribution in [1.29, 1.82) is 0 Å². The summed E-state index contributed by atoms with van der Waals surface area (Å²) in [5, 5.41) is 3.77. The summed E-state index contributed by atoms with van der Waals surface area (Å²) in [6, 6.07) is 9.63. The number of rotatable bonds is 3. The average molecular weight is 287 g/mol. The van der Waals surface area contributed by atoms with Gasteiger partial charge in [-0.25, -0.2) is 0 Å². The van der Waals surface area contributed by atoms with Crippen LogP contribution in [0.5, 0.6) is 0 Å². The molecule has 1 unspecified atom stereocenters. The van der Waals surface area contributed by atoms with Crippen LogP contribution in [0.1, 0.15) is 32.1 Å². The minimum absolute atomic E-state index is 0.682. The van der Waals surface area contributed by atoms with E-state index in [0.717, 1.165) is 19.0 Å². The fourth-order valence-corrected chi connectivity index (χ4v) is 3.83. The zero-order valence-electron chi connectivity index (χ0n) is 13.5. The molecular formula is C18H29N3. The van der Waals surface area contributed by atoms with Crippen molar-refractivity contribution in [2.75, 3.05) is 43.5 Å². The third-order valence-electron chi connectivity index (χ3n) is 5.14. The summed E-state index contributed by atoms with van der Waals surface area (Å²) in [6.07, 6.45) is 7.14. The molecule has 3 heteroatoms. The number of benzene rings is 1. The molecule has 0 radical (unpaired) electrons. The highest BCUT2D eigenvalue weighted by Gasteiger charge is 2.28. The van der Waals surface area contributed by atoms with E-state index in [-0.39, 0.29) is 0 Å². The molecule has 1 aliphatic heterocycles. The first kappa shape index (κ1) is 14.7. The number of piperazine rings is 1. The molecule has 0 spiro atoms. The van der Waals surface area contributed by atoms with E-state index in [1.807, 2.05) is 0 Å². The van der Waals surface area contributed by atoms with E-state index in [1.54, 1.807) is 0 Å². The van der Waals surface area contributed by atoms with Crippen LogP contribution in [0.15, 0.2) is 24.3 Å². The summed E-state index contributed by atoms with van der Waals surface area (Å²) in [4.78, 5) is 4.76. The second-order valence-electron chi connectivity index (χ2n) is 6.82. The second-order valence-corrected chi connectivity index (χ2v) is 6.82. The average Bonchev–Trinajstić information content (AvgIpc) is 2.56. The highest BCUT2D eigenvalue weighted by atomic mass is 15.2. The molecule has 1 aliphatic carbocycles. The minimum Gasteiger partial charge on any atom is -0.378 e. The van der Waals surface area contributed by atoms with Crippen LogP contribution in [0.4, 0.5) is 11.4 Å². The summed E-state index contributed by atoms with van der Waals surface area (Å²) in [6.45, 7) is 3.41. The molecule has 1 aromatic carbocycles. The summed E-state index contributed by atoms with van der Waals surface area (Å²) in [5.41, 5.74) is 2.67. The second kappa shape index (κ2) is 6.69. The molecule has 3 rings (SSSR count). The number of nitrogens with one attached hydrogen (secondary N) is 1. The van der Waals surface area contributed by atoms with Crippen molar-refractivity contribution in [1.82, 2.24) is 5.32 Å². The van der Waals surface area contributed by atoms with Crippen LogP contribution in [-0.2, 0) is 0 Å². The van der Waals surface area contributed by atoms with Crippen molar-refractivity contribution >= 4 is 11.4 Å². The molecule has 116 valence electrons. The Morgan fingerprint density at radius 1 is 1.14 bits per heavy atom. The maximum atomic E-state index is 3.77. The Labute approximate surface area is 129 Å². The highest BCUT2D eigenvalue weighted by Crippen LogP contribution is 2.29. The molecule has 1 N–H and O–H groups in total. The van der Waals surface area contributed by atoms with Gasteiger partial charge < -0.3 is 15.1 Å². The van der Waals surface area contributed by atoms with Crippen molar-refractivity contribution < 1.29 is 0 Å². The van der Waals surface area contributed by atoms with E-state index in [9.17, 15) is 0 Å². The van der Waals surface area contributed by atoms with E-state index in [0.29, 0.717) is 6.04 Å². The van der Waals surface area contributed by atoms with E-state index >= 15 is 0 Å². The van der Waals surface area contributed by atoms with Gasteiger partial charge in [0.1, 0.15) is 0 Å². The van der Waals surface area contributed by atoms with Crippen LogP contribution in [0.3, 0.4) is 0 Å². The van der Waals surface area contributed by atoms with Gasteiger partial charge in [0.05, 0.1) is 0 Å². The number of nitrogens with zero attached hydrogens (tertiary/aromatic N) is 2.